The number of nitrogens with zero attached hydrogens (tertiary/aromatic N) is 1. The van der Waals surface area contributed by atoms with Gasteiger partial charge in [-0.15, -0.1) is 0 Å². The molecule has 0 atom stereocenters. The number of hydrogen-bond acceptors (Lipinski definition) is 3. The number of amides is 1. The molecule has 1 aliphatic rings. The molecule has 1 saturated carbocycles. The molecule has 1 aliphatic carbocycles. The zero-order valence-corrected chi connectivity index (χ0v) is 13.2. The highest BCUT2D eigenvalue weighted by Gasteiger charge is 2.19. The Labute approximate surface area is 127 Å². The molecule has 0 saturated heterocycles. The zero-order valence-electron chi connectivity index (χ0n) is 13.2. The summed E-state index contributed by atoms with van der Waals surface area (Å²) in [6.07, 6.45) is 7.78. The molecule has 1 fully saturated rings. The maximum absolute atomic E-state index is 12.2. The maximum atomic E-state index is 12.2. The van der Waals surface area contributed by atoms with Crippen LogP contribution in [0.4, 0.5) is 5.69 Å². The largest absolute Gasteiger partial charge is 0.385 e. The van der Waals surface area contributed by atoms with E-state index >= 15 is 0 Å². The van der Waals surface area contributed by atoms with Crippen LogP contribution in [0.25, 0.3) is 0 Å². The van der Waals surface area contributed by atoms with Gasteiger partial charge in [-0.05, 0) is 43.2 Å². The Morgan fingerprint density at radius 3 is 2.81 bits per heavy atom. The number of carbonyl (C=O) groups excluding carboxylic acids is 1. The van der Waals surface area contributed by atoms with E-state index in [0.29, 0.717) is 11.6 Å². The van der Waals surface area contributed by atoms with Crippen LogP contribution in [0.2, 0.25) is 0 Å². The molecule has 0 bridgehead atoms. The summed E-state index contributed by atoms with van der Waals surface area (Å²) >= 11 is 0. The molecule has 4 nitrogen and oxygen atoms in total. The van der Waals surface area contributed by atoms with E-state index in [2.05, 4.69) is 29.5 Å². The predicted molar refractivity (Wildman–Crippen MR) is 86.5 cm³/mol. The van der Waals surface area contributed by atoms with Crippen LogP contribution in [0.1, 0.15) is 56.4 Å². The minimum absolute atomic E-state index is 0.0613. The van der Waals surface area contributed by atoms with Crippen LogP contribution in [0.15, 0.2) is 18.3 Å². The summed E-state index contributed by atoms with van der Waals surface area (Å²) in [5.74, 6) is 1.42. The highest BCUT2D eigenvalue weighted by molar-refractivity contribution is 5.93. The van der Waals surface area contributed by atoms with Gasteiger partial charge in [0.1, 0.15) is 5.69 Å². The van der Waals surface area contributed by atoms with Crippen LogP contribution in [0.5, 0.6) is 0 Å². The number of carbonyl (C=O) groups is 1. The first-order valence-electron chi connectivity index (χ1n) is 8.17. The highest BCUT2D eigenvalue weighted by atomic mass is 16.1. The van der Waals surface area contributed by atoms with Gasteiger partial charge in [-0.25, -0.2) is 0 Å². The van der Waals surface area contributed by atoms with E-state index in [0.717, 1.165) is 31.1 Å². The monoisotopic (exact) mass is 289 g/mol. The second-order valence-electron chi connectivity index (χ2n) is 6.19. The average molecular weight is 289 g/mol. The van der Waals surface area contributed by atoms with E-state index in [-0.39, 0.29) is 5.91 Å². The highest BCUT2D eigenvalue weighted by Crippen LogP contribution is 2.27. The molecule has 21 heavy (non-hydrogen) atoms. The summed E-state index contributed by atoms with van der Waals surface area (Å²) in [5.41, 5.74) is 1.46. The van der Waals surface area contributed by atoms with Crippen LogP contribution >= 0.6 is 0 Å². The minimum Gasteiger partial charge on any atom is -0.385 e. The van der Waals surface area contributed by atoms with Gasteiger partial charge in [0.25, 0.3) is 5.91 Å². The summed E-state index contributed by atoms with van der Waals surface area (Å²) in [6, 6.07) is 3.73. The quantitative estimate of drug-likeness (QED) is 0.843. The fraction of sp³-hybridized carbons (Fsp3) is 0.647. The third kappa shape index (κ3) is 5.03. The van der Waals surface area contributed by atoms with Crippen molar-refractivity contribution >= 4 is 11.6 Å². The van der Waals surface area contributed by atoms with Gasteiger partial charge in [-0.2, -0.15) is 0 Å². The Morgan fingerprint density at radius 2 is 2.10 bits per heavy atom. The second kappa shape index (κ2) is 8.01. The lowest BCUT2D eigenvalue weighted by atomic mass is 9.83. The van der Waals surface area contributed by atoms with E-state index in [1.165, 1.54) is 25.7 Å². The molecule has 2 rings (SSSR count). The van der Waals surface area contributed by atoms with Crippen molar-refractivity contribution in [2.75, 3.05) is 18.4 Å². The number of anilines is 1. The Bertz CT molecular complexity index is 453. The third-order valence-corrected chi connectivity index (χ3v) is 4.26. The topological polar surface area (TPSA) is 54.0 Å². The number of hydrogen-bond donors (Lipinski definition) is 2. The van der Waals surface area contributed by atoms with Crippen LogP contribution in [-0.2, 0) is 0 Å². The van der Waals surface area contributed by atoms with E-state index in [1.807, 2.05) is 12.1 Å². The molecule has 0 spiro atoms. The van der Waals surface area contributed by atoms with Crippen molar-refractivity contribution in [2.24, 2.45) is 11.8 Å². The standard InChI is InChI=1S/C17H27N3O/c1-3-9-18-15-8-10-19-16(11-15)17(21)20-12-14-6-4-13(2)5-7-14/h8,10-11,13-14H,3-7,9,12H2,1-2H3,(H,18,19)(H,20,21). The van der Waals surface area contributed by atoms with Crippen molar-refractivity contribution < 1.29 is 4.79 Å². The Hall–Kier alpha value is -1.58. The van der Waals surface area contributed by atoms with Gasteiger partial charge in [0.05, 0.1) is 0 Å². The molecule has 1 aromatic heterocycles. The molecule has 0 aliphatic heterocycles. The summed E-state index contributed by atoms with van der Waals surface area (Å²) in [7, 11) is 0. The zero-order chi connectivity index (χ0) is 15.1. The fourth-order valence-electron chi connectivity index (χ4n) is 2.79. The lowest BCUT2D eigenvalue weighted by Gasteiger charge is -2.26. The van der Waals surface area contributed by atoms with Gasteiger partial charge in [0.15, 0.2) is 0 Å². The molecule has 2 N–H and O–H groups in total. The molecule has 0 unspecified atom stereocenters. The summed E-state index contributed by atoms with van der Waals surface area (Å²) in [6.45, 7) is 6.12. The second-order valence-corrected chi connectivity index (χ2v) is 6.19. The van der Waals surface area contributed by atoms with Crippen molar-refractivity contribution in [2.45, 2.75) is 46.0 Å². The number of pyridine rings is 1. The van der Waals surface area contributed by atoms with Crippen LogP contribution in [-0.4, -0.2) is 24.0 Å². The fourth-order valence-corrected chi connectivity index (χ4v) is 2.79. The molecule has 4 heteroatoms. The van der Waals surface area contributed by atoms with E-state index in [4.69, 9.17) is 0 Å². The van der Waals surface area contributed by atoms with Crippen LogP contribution < -0.4 is 10.6 Å². The maximum Gasteiger partial charge on any atom is 0.269 e. The van der Waals surface area contributed by atoms with E-state index in [1.54, 1.807) is 6.20 Å². The SMILES string of the molecule is CCCNc1ccnc(C(=O)NCC2CCC(C)CC2)c1. The normalized spacial score (nSPS) is 21.8. The van der Waals surface area contributed by atoms with Gasteiger partial charge in [0, 0.05) is 25.0 Å². The van der Waals surface area contributed by atoms with Crippen LogP contribution in [0, 0.1) is 11.8 Å². The summed E-state index contributed by atoms with van der Waals surface area (Å²) < 4.78 is 0. The van der Waals surface area contributed by atoms with E-state index in [9.17, 15) is 4.79 Å². The van der Waals surface area contributed by atoms with Gasteiger partial charge in [-0.1, -0.05) is 26.7 Å². The molecule has 0 radical (unpaired) electrons. The van der Waals surface area contributed by atoms with Crippen LogP contribution in [0.3, 0.4) is 0 Å². The molecule has 0 aromatic carbocycles. The minimum atomic E-state index is -0.0613. The van der Waals surface area contributed by atoms with Crippen molar-refractivity contribution in [3.05, 3.63) is 24.0 Å². The lowest BCUT2D eigenvalue weighted by molar-refractivity contribution is 0.0937. The van der Waals surface area contributed by atoms with Crippen molar-refractivity contribution in [1.29, 1.82) is 0 Å². The molecule has 1 amide bonds. The van der Waals surface area contributed by atoms with Crippen molar-refractivity contribution in [1.82, 2.24) is 10.3 Å². The average Bonchev–Trinajstić information content (AvgIpc) is 2.52. The molecular formula is C17H27N3O. The molecule has 1 aromatic rings. The van der Waals surface area contributed by atoms with Gasteiger partial charge in [0.2, 0.25) is 0 Å². The molecule has 116 valence electrons. The first-order valence-corrected chi connectivity index (χ1v) is 8.17. The number of nitrogens with one attached hydrogen (secondary N) is 2. The Morgan fingerprint density at radius 1 is 1.33 bits per heavy atom. The van der Waals surface area contributed by atoms with Crippen molar-refractivity contribution in [3.63, 3.8) is 0 Å². The number of aromatic nitrogens is 1. The lowest BCUT2D eigenvalue weighted by Crippen LogP contribution is -2.31. The van der Waals surface area contributed by atoms with Gasteiger partial charge in [-0.3, -0.25) is 9.78 Å². The smallest absolute Gasteiger partial charge is 0.269 e. The summed E-state index contributed by atoms with van der Waals surface area (Å²) in [5, 5.41) is 6.32. The molecule has 1 heterocycles. The van der Waals surface area contributed by atoms with Gasteiger partial charge >= 0.3 is 0 Å². The molecular weight excluding hydrogens is 262 g/mol. The third-order valence-electron chi connectivity index (χ3n) is 4.26. The first-order chi connectivity index (χ1) is 10.2. The van der Waals surface area contributed by atoms with Gasteiger partial charge < -0.3 is 10.6 Å². The Balaban J connectivity index is 1.82. The Kier molecular flexibility index (Phi) is 6.03. The van der Waals surface area contributed by atoms with Crippen molar-refractivity contribution in [3.8, 4) is 0 Å². The predicted octanol–water partition coefficient (Wildman–Crippen LogP) is 3.46. The summed E-state index contributed by atoms with van der Waals surface area (Å²) in [4.78, 5) is 16.3. The first kappa shape index (κ1) is 15.8. The van der Waals surface area contributed by atoms with E-state index < -0.39 is 0 Å². The number of rotatable bonds is 6.